The minimum absolute atomic E-state index is 0.605. The van der Waals surface area contributed by atoms with Crippen LogP contribution in [0.4, 0.5) is 0 Å². The van der Waals surface area contributed by atoms with Crippen LogP contribution in [0.1, 0.15) is 55.1 Å². The SMILES string of the molecule is NCc1c2c(nn1C1CCCCC1)CCNC2. The van der Waals surface area contributed by atoms with E-state index < -0.39 is 0 Å². The molecular weight excluding hydrogens is 212 g/mol. The number of nitrogens with two attached hydrogens (primary N) is 1. The van der Waals surface area contributed by atoms with Gasteiger partial charge in [0.1, 0.15) is 0 Å². The molecule has 0 radical (unpaired) electrons. The molecule has 0 bridgehead atoms. The summed E-state index contributed by atoms with van der Waals surface area (Å²) in [5.74, 6) is 0. The Morgan fingerprint density at radius 3 is 2.88 bits per heavy atom. The molecule has 0 amide bonds. The van der Waals surface area contributed by atoms with Gasteiger partial charge in [-0.2, -0.15) is 5.10 Å². The quantitative estimate of drug-likeness (QED) is 0.815. The minimum atomic E-state index is 0.605. The van der Waals surface area contributed by atoms with Gasteiger partial charge in [0.2, 0.25) is 0 Å². The fraction of sp³-hybridized carbons (Fsp3) is 0.769. The van der Waals surface area contributed by atoms with E-state index in [9.17, 15) is 0 Å². The van der Waals surface area contributed by atoms with E-state index in [0.717, 1.165) is 19.5 Å². The molecule has 94 valence electrons. The molecule has 0 saturated heterocycles. The van der Waals surface area contributed by atoms with E-state index in [-0.39, 0.29) is 0 Å². The van der Waals surface area contributed by atoms with Gasteiger partial charge in [0.25, 0.3) is 0 Å². The summed E-state index contributed by atoms with van der Waals surface area (Å²) in [5.41, 5.74) is 9.88. The third-order valence-electron chi connectivity index (χ3n) is 4.16. The predicted molar refractivity (Wildman–Crippen MR) is 67.7 cm³/mol. The second-order valence-corrected chi connectivity index (χ2v) is 5.24. The highest BCUT2D eigenvalue weighted by Gasteiger charge is 2.24. The van der Waals surface area contributed by atoms with Crippen LogP contribution in [0.3, 0.4) is 0 Å². The molecule has 3 N–H and O–H groups in total. The average molecular weight is 234 g/mol. The molecule has 3 rings (SSSR count). The van der Waals surface area contributed by atoms with Gasteiger partial charge < -0.3 is 11.1 Å². The van der Waals surface area contributed by atoms with Crippen LogP contribution < -0.4 is 11.1 Å². The lowest BCUT2D eigenvalue weighted by molar-refractivity contribution is 0.321. The summed E-state index contributed by atoms with van der Waals surface area (Å²) in [6.07, 6.45) is 7.69. The minimum Gasteiger partial charge on any atom is -0.325 e. The summed E-state index contributed by atoms with van der Waals surface area (Å²) in [4.78, 5) is 0. The molecule has 2 heterocycles. The molecule has 0 unspecified atom stereocenters. The highest BCUT2D eigenvalue weighted by molar-refractivity contribution is 5.29. The Morgan fingerprint density at radius 1 is 1.29 bits per heavy atom. The Labute approximate surface area is 103 Å². The maximum Gasteiger partial charge on any atom is 0.0685 e. The van der Waals surface area contributed by atoms with Crippen LogP contribution in [0.5, 0.6) is 0 Å². The number of aromatic nitrogens is 2. The molecule has 1 aromatic rings. The molecule has 4 nitrogen and oxygen atoms in total. The van der Waals surface area contributed by atoms with Crippen LogP contribution in [0.15, 0.2) is 0 Å². The molecule has 0 spiro atoms. The van der Waals surface area contributed by atoms with Crippen molar-refractivity contribution in [2.45, 2.75) is 57.7 Å². The zero-order chi connectivity index (χ0) is 11.7. The first-order valence-electron chi connectivity index (χ1n) is 6.90. The van der Waals surface area contributed by atoms with Gasteiger partial charge in [-0.15, -0.1) is 0 Å². The van der Waals surface area contributed by atoms with Gasteiger partial charge in [-0.05, 0) is 12.8 Å². The largest absolute Gasteiger partial charge is 0.325 e. The Morgan fingerprint density at radius 2 is 2.12 bits per heavy atom. The van der Waals surface area contributed by atoms with Crippen molar-refractivity contribution in [3.63, 3.8) is 0 Å². The van der Waals surface area contributed by atoms with Crippen LogP contribution in [0.2, 0.25) is 0 Å². The molecule has 0 atom stereocenters. The number of nitrogens with zero attached hydrogens (tertiary/aromatic N) is 2. The first kappa shape index (κ1) is 11.2. The van der Waals surface area contributed by atoms with Crippen molar-refractivity contribution in [1.29, 1.82) is 0 Å². The molecule has 0 aromatic carbocycles. The predicted octanol–water partition coefficient (Wildman–Crippen LogP) is 1.49. The van der Waals surface area contributed by atoms with Crippen molar-refractivity contribution in [2.75, 3.05) is 6.54 Å². The zero-order valence-electron chi connectivity index (χ0n) is 10.4. The Kier molecular flexibility index (Phi) is 3.16. The molecule has 1 fully saturated rings. The van der Waals surface area contributed by atoms with Gasteiger partial charge in [-0.3, -0.25) is 4.68 Å². The highest BCUT2D eigenvalue weighted by atomic mass is 15.3. The summed E-state index contributed by atoms with van der Waals surface area (Å²) >= 11 is 0. The Balaban J connectivity index is 1.94. The summed E-state index contributed by atoms with van der Waals surface area (Å²) in [6.45, 7) is 2.63. The monoisotopic (exact) mass is 234 g/mol. The van der Waals surface area contributed by atoms with Crippen molar-refractivity contribution < 1.29 is 0 Å². The number of rotatable bonds is 2. The topological polar surface area (TPSA) is 55.9 Å². The van der Waals surface area contributed by atoms with Gasteiger partial charge in [0.05, 0.1) is 17.4 Å². The number of hydrogen-bond acceptors (Lipinski definition) is 3. The first-order valence-corrected chi connectivity index (χ1v) is 6.90. The lowest BCUT2D eigenvalue weighted by Crippen LogP contribution is -2.24. The van der Waals surface area contributed by atoms with E-state index in [0.29, 0.717) is 12.6 Å². The zero-order valence-corrected chi connectivity index (χ0v) is 10.4. The van der Waals surface area contributed by atoms with E-state index in [4.69, 9.17) is 10.8 Å². The summed E-state index contributed by atoms with van der Waals surface area (Å²) in [7, 11) is 0. The van der Waals surface area contributed by atoms with E-state index >= 15 is 0 Å². The smallest absolute Gasteiger partial charge is 0.0685 e. The number of fused-ring (bicyclic) bond motifs is 1. The fourth-order valence-electron chi connectivity index (χ4n) is 3.23. The third kappa shape index (κ3) is 2.00. The van der Waals surface area contributed by atoms with Gasteiger partial charge in [-0.1, -0.05) is 19.3 Å². The maximum atomic E-state index is 5.94. The summed E-state index contributed by atoms with van der Waals surface area (Å²) in [5, 5.41) is 8.26. The van der Waals surface area contributed by atoms with Gasteiger partial charge in [0, 0.05) is 31.6 Å². The Hall–Kier alpha value is -0.870. The van der Waals surface area contributed by atoms with Gasteiger partial charge in [-0.25, -0.2) is 0 Å². The molecule has 1 aliphatic carbocycles. The van der Waals surface area contributed by atoms with Crippen molar-refractivity contribution in [3.8, 4) is 0 Å². The fourth-order valence-corrected chi connectivity index (χ4v) is 3.23. The van der Waals surface area contributed by atoms with Crippen molar-refractivity contribution >= 4 is 0 Å². The molecule has 17 heavy (non-hydrogen) atoms. The van der Waals surface area contributed by atoms with E-state index in [1.54, 1.807) is 0 Å². The second-order valence-electron chi connectivity index (χ2n) is 5.24. The van der Waals surface area contributed by atoms with Crippen molar-refractivity contribution in [2.24, 2.45) is 5.73 Å². The van der Waals surface area contributed by atoms with Gasteiger partial charge in [0.15, 0.2) is 0 Å². The average Bonchev–Trinajstić information content (AvgIpc) is 2.78. The van der Waals surface area contributed by atoms with Crippen LogP contribution >= 0.6 is 0 Å². The summed E-state index contributed by atoms with van der Waals surface area (Å²) < 4.78 is 2.26. The van der Waals surface area contributed by atoms with E-state index in [1.165, 1.54) is 49.1 Å². The lowest BCUT2D eigenvalue weighted by Gasteiger charge is -2.24. The molecule has 1 saturated carbocycles. The van der Waals surface area contributed by atoms with Crippen LogP contribution in [0, 0.1) is 0 Å². The van der Waals surface area contributed by atoms with Crippen LogP contribution in [-0.2, 0) is 19.5 Å². The standard InChI is InChI=1S/C13H22N4/c14-8-13-11-9-15-7-6-12(11)16-17(13)10-4-2-1-3-5-10/h10,15H,1-9,14H2. The Bertz CT molecular complexity index is 390. The molecule has 4 heteroatoms. The number of hydrogen-bond donors (Lipinski definition) is 2. The molecule has 2 aliphatic rings. The summed E-state index contributed by atoms with van der Waals surface area (Å²) in [6, 6.07) is 0.605. The van der Waals surface area contributed by atoms with Crippen LogP contribution in [0.25, 0.3) is 0 Å². The maximum absolute atomic E-state index is 5.94. The molecule has 1 aromatic heterocycles. The highest BCUT2D eigenvalue weighted by Crippen LogP contribution is 2.31. The second kappa shape index (κ2) is 4.78. The molecular formula is C13H22N4. The van der Waals surface area contributed by atoms with Crippen LogP contribution in [-0.4, -0.2) is 16.3 Å². The van der Waals surface area contributed by atoms with E-state index in [1.807, 2.05) is 0 Å². The lowest BCUT2D eigenvalue weighted by atomic mass is 9.95. The van der Waals surface area contributed by atoms with Gasteiger partial charge >= 0.3 is 0 Å². The number of nitrogens with one attached hydrogen (secondary N) is 1. The molecule has 1 aliphatic heterocycles. The normalized spacial score (nSPS) is 21.5. The first-order chi connectivity index (χ1) is 8.40. The van der Waals surface area contributed by atoms with Crippen molar-refractivity contribution in [3.05, 3.63) is 17.0 Å². The third-order valence-corrected chi connectivity index (χ3v) is 4.16. The van der Waals surface area contributed by atoms with E-state index in [2.05, 4.69) is 10.00 Å². The van der Waals surface area contributed by atoms with Crippen molar-refractivity contribution in [1.82, 2.24) is 15.1 Å².